The first-order valence-electron chi connectivity index (χ1n) is 7.77. The minimum absolute atomic E-state index is 0.000803. The molecule has 0 fully saturated rings. The van der Waals surface area contributed by atoms with E-state index in [0.29, 0.717) is 34.6 Å². The quantitative estimate of drug-likeness (QED) is 0.597. The first-order valence-corrected chi connectivity index (χ1v) is 7.77. The summed E-state index contributed by atoms with van der Waals surface area (Å²) >= 11 is 0. The molecule has 0 aliphatic heterocycles. The van der Waals surface area contributed by atoms with Crippen LogP contribution in [0, 0.1) is 0 Å². The molecule has 2 N–H and O–H groups in total. The Morgan fingerprint density at radius 3 is 2.84 bits per heavy atom. The summed E-state index contributed by atoms with van der Waals surface area (Å²) in [5.41, 5.74) is 8.90. The van der Waals surface area contributed by atoms with E-state index in [1.54, 1.807) is 18.4 Å². The predicted octanol–water partition coefficient (Wildman–Crippen LogP) is 2.04. The van der Waals surface area contributed by atoms with E-state index in [1.807, 2.05) is 24.3 Å². The van der Waals surface area contributed by atoms with Gasteiger partial charge in [-0.15, -0.1) is 5.10 Å². The second kappa shape index (κ2) is 4.97. The van der Waals surface area contributed by atoms with Gasteiger partial charge < -0.3 is 10.2 Å². The summed E-state index contributed by atoms with van der Waals surface area (Å²) in [6.45, 7) is 0. The molecule has 0 amide bonds. The molecule has 3 heterocycles. The van der Waals surface area contributed by atoms with Crippen LogP contribution < -0.4 is 5.73 Å². The zero-order valence-corrected chi connectivity index (χ0v) is 13.0. The smallest absolute Gasteiger partial charge is 0.222 e. The Kier molecular flexibility index (Phi) is 2.75. The van der Waals surface area contributed by atoms with Crippen LogP contribution in [-0.2, 0) is 6.42 Å². The molecule has 122 valence electrons. The molecular weight excluding hydrogens is 320 g/mol. The van der Waals surface area contributed by atoms with E-state index in [0.717, 1.165) is 5.56 Å². The molecule has 0 bridgehead atoms. The van der Waals surface area contributed by atoms with Crippen molar-refractivity contribution in [2.75, 3.05) is 5.73 Å². The third-order valence-corrected chi connectivity index (χ3v) is 4.39. The van der Waals surface area contributed by atoms with Crippen molar-refractivity contribution < 1.29 is 9.21 Å². The van der Waals surface area contributed by atoms with Gasteiger partial charge in [-0.2, -0.15) is 4.98 Å². The molecule has 3 aromatic heterocycles. The number of nitrogens with two attached hydrogens (primary N) is 1. The minimum atomic E-state index is -0.485. The summed E-state index contributed by atoms with van der Waals surface area (Å²) in [6, 6.07) is 10.6. The normalized spacial score (nSPS) is 16.5. The molecule has 8 heteroatoms. The Morgan fingerprint density at radius 2 is 2.04 bits per heavy atom. The van der Waals surface area contributed by atoms with Crippen LogP contribution in [0.25, 0.3) is 22.6 Å². The number of benzene rings is 1. The zero-order valence-electron chi connectivity index (χ0n) is 13.0. The Hall–Kier alpha value is -3.55. The van der Waals surface area contributed by atoms with Gasteiger partial charge in [0, 0.05) is 12.0 Å². The highest BCUT2D eigenvalue weighted by atomic mass is 16.3. The first kappa shape index (κ1) is 13.8. The predicted molar refractivity (Wildman–Crippen MR) is 88.7 cm³/mol. The molecule has 0 spiro atoms. The van der Waals surface area contributed by atoms with Crippen molar-refractivity contribution >= 4 is 22.9 Å². The van der Waals surface area contributed by atoms with E-state index in [2.05, 4.69) is 20.3 Å². The second-order valence-electron chi connectivity index (χ2n) is 5.86. The Morgan fingerprint density at radius 1 is 1.16 bits per heavy atom. The van der Waals surface area contributed by atoms with Gasteiger partial charge in [0.05, 0.1) is 6.26 Å². The number of carbonyl (C=O) groups is 1. The van der Waals surface area contributed by atoms with E-state index in [4.69, 9.17) is 10.2 Å². The van der Waals surface area contributed by atoms with E-state index < -0.39 is 6.04 Å². The molecule has 0 radical (unpaired) electrons. The van der Waals surface area contributed by atoms with Gasteiger partial charge >= 0.3 is 0 Å². The maximum atomic E-state index is 12.8. The molecule has 8 nitrogen and oxygen atoms in total. The highest BCUT2D eigenvalue weighted by Crippen LogP contribution is 2.33. The number of nitrogens with zero attached hydrogens (tertiary/aromatic N) is 5. The molecular formula is C17H12N6O2. The highest BCUT2D eigenvalue weighted by molar-refractivity contribution is 6.04. The molecule has 0 saturated heterocycles. The molecule has 0 saturated carbocycles. The van der Waals surface area contributed by atoms with E-state index in [-0.39, 0.29) is 11.7 Å². The van der Waals surface area contributed by atoms with Gasteiger partial charge in [0.2, 0.25) is 5.95 Å². The average molecular weight is 332 g/mol. The maximum Gasteiger partial charge on any atom is 0.222 e. The lowest BCUT2D eigenvalue weighted by Crippen LogP contribution is -2.17. The Bertz CT molecular complexity index is 1120. The molecule has 1 aliphatic carbocycles. The van der Waals surface area contributed by atoms with Crippen LogP contribution in [0.5, 0.6) is 0 Å². The van der Waals surface area contributed by atoms with Gasteiger partial charge in [0.25, 0.3) is 0 Å². The fourth-order valence-electron chi connectivity index (χ4n) is 3.26. The Labute approximate surface area is 141 Å². The van der Waals surface area contributed by atoms with Crippen LogP contribution in [0.15, 0.2) is 47.1 Å². The van der Waals surface area contributed by atoms with Crippen LogP contribution in [0.3, 0.4) is 0 Å². The van der Waals surface area contributed by atoms with Crippen molar-refractivity contribution in [3.63, 3.8) is 0 Å². The topological polar surface area (TPSA) is 113 Å². The van der Waals surface area contributed by atoms with E-state index in [1.165, 1.54) is 4.68 Å². The van der Waals surface area contributed by atoms with Crippen molar-refractivity contribution in [3.8, 4) is 11.5 Å². The molecule has 1 unspecified atom stereocenters. The Balaban J connectivity index is 1.68. The number of anilines is 1. The van der Waals surface area contributed by atoms with Crippen molar-refractivity contribution in [2.45, 2.75) is 12.5 Å². The van der Waals surface area contributed by atoms with Crippen LogP contribution in [0.4, 0.5) is 5.95 Å². The largest absolute Gasteiger partial charge is 0.463 e. The number of hydrogen-bond acceptors (Lipinski definition) is 7. The number of rotatable bonds is 2. The summed E-state index contributed by atoms with van der Waals surface area (Å²) in [5, 5.41) is 8.35. The highest BCUT2D eigenvalue weighted by Gasteiger charge is 2.34. The molecule has 25 heavy (non-hydrogen) atoms. The third kappa shape index (κ3) is 1.97. The molecule has 1 aliphatic rings. The molecule has 4 aromatic rings. The molecule has 1 atom stereocenters. The number of carbonyl (C=O) groups excluding carboxylic acids is 1. The lowest BCUT2D eigenvalue weighted by molar-refractivity contribution is 0.0935. The number of ketones is 1. The number of fused-ring (bicyclic) bond motifs is 2. The van der Waals surface area contributed by atoms with Crippen molar-refractivity contribution in [3.05, 3.63) is 53.8 Å². The van der Waals surface area contributed by atoms with Crippen LogP contribution in [0.2, 0.25) is 0 Å². The number of nitrogen functional groups attached to an aromatic ring is 1. The monoisotopic (exact) mass is 332 g/mol. The van der Waals surface area contributed by atoms with Crippen LogP contribution in [-0.4, -0.2) is 30.7 Å². The van der Waals surface area contributed by atoms with Crippen molar-refractivity contribution in [1.29, 1.82) is 0 Å². The van der Waals surface area contributed by atoms with Gasteiger partial charge in [-0.25, -0.2) is 9.67 Å². The first-order chi connectivity index (χ1) is 12.2. The summed E-state index contributed by atoms with van der Waals surface area (Å²) in [6.07, 6.45) is 2.09. The minimum Gasteiger partial charge on any atom is -0.463 e. The SMILES string of the molecule is Nc1nc(-c2ccco2)c2nnn(C3Cc4ccccc4C3=O)c2n1. The van der Waals surface area contributed by atoms with E-state index >= 15 is 0 Å². The number of furan rings is 1. The van der Waals surface area contributed by atoms with Crippen LogP contribution in [0.1, 0.15) is 22.0 Å². The third-order valence-electron chi connectivity index (χ3n) is 4.39. The molecule has 5 rings (SSSR count). The standard InChI is InChI=1S/C17H12N6O2/c18-17-19-13(12-6-3-7-25-12)14-16(20-17)23(22-21-14)11-8-9-4-1-2-5-10(9)15(11)24/h1-7,11H,8H2,(H2,18,19,20). The van der Waals surface area contributed by atoms with Gasteiger partial charge in [-0.3, -0.25) is 4.79 Å². The van der Waals surface area contributed by atoms with Gasteiger partial charge in [0.15, 0.2) is 22.7 Å². The fraction of sp³-hybridized carbons (Fsp3) is 0.118. The van der Waals surface area contributed by atoms with Crippen LogP contribution >= 0.6 is 0 Å². The second-order valence-corrected chi connectivity index (χ2v) is 5.86. The van der Waals surface area contributed by atoms with Crippen molar-refractivity contribution in [2.24, 2.45) is 0 Å². The summed E-state index contributed by atoms with van der Waals surface area (Å²) in [5.74, 6) is 0.594. The number of hydrogen-bond donors (Lipinski definition) is 1. The van der Waals surface area contributed by atoms with Gasteiger partial charge in [0.1, 0.15) is 11.7 Å². The lowest BCUT2D eigenvalue weighted by atomic mass is 10.1. The summed E-state index contributed by atoms with van der Waals surface area (Å²) in [4.78, 5) is 21.2. The number of Topliss-reactive ketones (excluding diaryl/α,β-unsaturated/α-hetero) is 1. The maximum absolute atomic E-state index is 12.8. The zero-order chi connectivity index (χ0) is 17.0. The van der Waals surface area contributed by atoms with Crippen molar-refractivity contribution in [1.82, 2.24) is 25.0 Å². The van der Waals surface area contributed by atoms with Gasteiger partial charge in [-0.05, 0) is 17.7 Å². The van der Waals surface area contributed by atoms with E-state index in [9.17, 15) is 4.79 Å². The summed E-state index contributed by atoms with van der Waals surface area (Å²) < 4.78 is 6.93. The van der Waals surface area contributed by atoms with Gasteiger partial charge in [-0.1, -0.05) is 29.5 Å². The fourth-order valence-corrected chi connectivity index (χ4v) is 3.26. The average Bonchev–Trinajstić information content (AvgIpc) is 3.34. The number of aromatic nitrogens is 5. The lowest BCUT2D eigenvalue weighted by Gasteiger charge is -2.08. The summed E-state index contributed by atoms with van der Waals surface area (Å²) in [7, 11) is 0. The molecule has 1 aromatic carbocycles.